The molecule has 0 radical (unpaired) electrons. The third kappa shape index (κ3) is 4.78. The number of rotatable bonds is 6. The summed E-state index contributed by atoms with van der Waals surface area (Å²) in [5.74, 6) is 0.585. The Bertz CT molecular complexity index is 425. The van der Waals surface area contributed by atoms with Gasteiger partial charge in [0.1, 0.15) is 0 Å². The lowest BCUT2D eigenvalue weighted by Gasteiger charge is -2.27. The first kappa shape index (κ1) is 17.0. The normalized spacial score (nSPS) is 14.9. The van der Waals surface area contributed by atoms with E-state index >= 15 is 0 Å². The summed E-state index contributed by atoms with van der Waals surface area (Å²) in [7, 11) is 3.38. The van der Waals surface area contributed by atoms with Gasteiger partial charge in [0.05, 0.1) is 7.11 Å². The molecule has 3 heteroatoms. The van der Waals surface area contributed by atoms with Crippen LogP contribution in [0, 0.1) is 17.2 Å². The summed E-state index contributed by atoms with van der Waals surface area (Å²) in [6.07, 6.45) is 2.04. The number of nitrogens with one attached hydrogen (secondary N) is 1. The predicted molar refractivity (Wildman–Crippen MR) is 82.6 cm³/mol. The van der Waals surface area contributed by atoms with E-state index in [0.717, 1.165) is 12.8 Å². The average Bonchev–Trinajstić information content (AvgIpc) is 2.34. The van der Waals surface area contributed by atoms with Crippen molar-refractivity contribution in [2.45, 2.75) is 46.6 Å². The van der Waals surface area contributed by atoms with Crippen LogP contribution >= 0.6 is 0 Å². The summed E-state index contributed by atoms with van der Waals surface area (Å²) in [5.41, 5.74) is 0.984. The molecule has 114 valence electrons. The second kappa shape index (κ2) is 7.07. The summed E-state index contributed by atoms with van der Waals surface area (Å²) in [4.78, 5) is 0. The molecule has 0 aliphatic heterocycles. The van der Waals surface area contributed by atoms with E-state index in [1.54, 1.807) is 6.07 Å². The van der Waals surface area contributed by atoms with Gasteiger partial charge in [-0.05, 0) is 37.3 Å². The van der Waals surface area contributed by atoms with Crippen molar-refractivity contribution in [2.24, 2.45) is 11.3 Å². The molecule has 2 unspecified atom stereocenters. The van der Waals surface area contributed by atoms with E-state index < -0.39 is 0 Å². The van der Waals surface area contributed by atoms with E-state index in [1.165, 1.54) is 7.11 Å². The smallest absolute Gasteiger partial charge is 0.169 e. The first-order chi connectivity index (χ1) is 9.28. The first-order valence-corrected chi connectivity index (χ1v) is 7.28. The van der Waals surface area contributed by atoms with Gasteiger partial charge in [0.15, 0.2) is 11.6 Å². The van der Waals surface area contributed by atoms with Crippen LogP contribution in [0.25, 0.3) is 0 Å². The van der Waals surface area contributed by atoms with E-state index in [-0.39, 0.29) is 11.9 Å². The van der Waals surface area contributed by atoms with Gasteiger partial charge in [-0.15, -0.1) is 0 Å². The molecule has 1 N–H and O–H groups in total. The highest BCUT2D eigenvalue weighted by Crippen LogP contribution is 2.32. The van der Waals surface area contributed by atoms with Crippen molar-refractivity contribution >= 4 is 0 Å². The average molecular weight is 281 g/mol. The first-order valence-electron chi connectivity index (χ1n) is 7.28. The van der Waals surface area contributed by atoms with Crippen molar-refractivity contribution in [3.05, 3.63) is 29.6 Å². The Kier molecular flexibility index (Phi) is 6.00. The van der Waals surface area contributed by atoms with E-state index in [9.17, 15) is 4.39 Å². The minimum Gasteiger partial charge on any atom is -0.494 e. The summed E-state index contributed by atoms with van der Waals surface area (Å²) >= 11 is 0. The van der Waals surface area contributed by atoms with E-state index in [4.69, 9.17) is 4.74 Å². The van der Waals surface area contributed by atoms with Crippen LogP contribution in [-0.2, 0) is 0 Å². The van der Waals surface area contributed by atoms with Gasteiger partial charge in [-0.2, -0.15) is 0 Å². The molecule has 0 aliphatic rings. The molecule has 2 atom stereocenters. The molecule has 0 aromatic heterocycles. The fourth-order valence-electron chi connectivity index (χ4n) is 2.89. The standard InChI is InChI=1S/C17H28FNO/c1-12(11-17(2,3)4)10-14(19-5)13-8-7-9-15(20-6)16(13)18/h7-9,12,14,19H,10-11H2,1-6H3. The second-order valence-corrected chi connectivity index (χ2v) is 6.81. The molecule has 0 saturated carbocycles. The molecule has 0 aliphatic carbocycles. The van der Waals surface area contributed by atoms with Crippen molar-refractivity contribution < 1.29 is 9.13 Å². The van der Waals surface area contributed by atoms with Crippen LogP contribution in [0.2, 0.25) is 0 Å². The van der Waals surface area contributed by atoms with Crippen LogP contribution in [0.1, 0.15) is 52.1 Å². The zero-order valence-corrected chi connectivity index (χ0v) is 13.6. The number of hydrogen-bond acceptors (Lipinski definition) is 2. The molecule has 0 amide bonds. The minimum absolute atomic E-state index is 0.0162. The lowest BCUT2D eigenvalue weighted by atomic mass is 9.82. The van der Waals surface area contributed by atoms with Crippen molar-refractivity contribution in [3.63, 3.8) is 0 Å². The lowest BCUT2D eigenvalue weighted by Crippen LogP contribution is -2.22. The third-order valence-corrected chi connectivity index (χ3v) is 3.54. The van der Waals surface area contributed by atoms with Gasteiger partial charge < -0.3 is 10.1 Å². The number of methoxy groups -OCH3 is 1. The molecular formula is C17H28FNO. The Morgan fingerprint density at radius 2 is 1.95 bits per heavy atom. The number of halogens is 1. The van der Waals surface area contributed by atoms with E-state index in [1.807, 2.05) is 19.2 Å². The van der Waals surface area contributed by atoms with Crippen LogP contribution < -0.4 is 10.1 Å². The molecule has 0 bridgehead atoms. The van der Waals surface area contributed by atoms with Gasteiger partial charge in [0.2, 0.25) is 0 Å². The monoisotopic (exact) mass is 281 g/mol. The Labute approximate surface area is 122 Å². The van der Waals surface area contributed by atoms with Gasteiger partial charge >= 0.3 is 0 Å². The zero-order chi connectivity index (χ0) is 15.3. The second-order valence-electron chi connectivity index (χ2n) is 6.81. The van der Waals surface area contributed by atoms with Gasteiger partial charge in [-0.3, -0.25) is 0 Å². The van der Waals surface area contributed by atoms with Crippen molar-refractivity contribution in [1.29, 1.82) is 0 Å². The Hall–Kier alpha value is -1.09. The fourth-order valence-corrected chi connectivity index (χ4v) is 2.89. The molecule has 0 saturated heterocycles. The van der Waals surface area contributed by atoms with Crippen LogP contribution in [0.3, 0.4) is 0 Å². The third-order valence-electron chi connectivity index (χ3n) is 3.54. The van der Waals surface area contributed by atoms with Gasteiger partial charge in [-0.25, -0.2) is 4.39 Å². The van der Waals surface area contributed by atoms with Crippen LogP contribution in [0.5, 0.6) is 5.75 Å². The quantitative estimate of drug-likeness (QED) is 0.825. The van der Waals surface area contributed by atoms with Gasteiger partial charge in [0.25, 0.3) is 0 Å². The van der Waals surface area contributed by atoms with E-state index in [0.29, 0.717) is 22.6 Å². The largest absolute Gasteiger partial charge is 0.494 e. The highest BCUT2D eigenvalue weighted by Gasteiger charge is 2.22. The molecule has 0 spiro atoms. The Morgan fingerprint density at radius 1 is 1.30 bits per heavy atom. The Morgan fingerprint density at radius 3 is 2.45 bits per heavy atom. The minimum atomic E-state index is -0.252. The molecule has 2 nitrogen and oxygen atoms in total. The van der Waals surface area contributed by atoms with Crippen molar-refractivity contribution in [3.8, 4) is 5.75 Å². The number of hydrogen-bond donors (Lipinski definition) is 1. The van der Waals surface area contributed by atoms with Crippen LogP contribution in [0.4, 0.5) is 4.39 Å². The summed E-state index contributed by atoms with van der Waals surface area (Å²) in [5, 5.41) is 3.23. The molecule has 1 rings (SSSR count). The molecule has 0 fully saturated rings. The maximum atomic E-state index is 14.3. The van der Waals surface area contributed by atoms with Gasteiger partial charge in [-0.1, -0.05) is 39.8 Å². The lowest BCUT2D eigenvalue weighted by molar-refractivity contribution is 0.276. The predicted octanol–water partition coefficient (Wildman–Crippen LogP) is 4.56. The highest BCUT2D eigenvalue weighted by atomic mass is 19.1. The van der Waals surface area contributed by atoms with Gasteiger partial charge in [0, 0.05) is 11.6 Å². The maximum Gasteiger partial charge on any atom is 0.169 e. The highest BCUT2D eigenvalue weighted by molar-refractivity contribution is 5.33. The molecular weight excluding hydrogens is 253 g/mol. The maximum absolute atomic E-state index is 14.3. The van der Waals surface area contributed by atoms with Crippen LogP contribution in [0.15, 0.2) is 18.2 Å². The molecule has 0 heterocycles. The van der Waals surface area contributed by atoms with Crippen molar-refractivity contribution in [1.82, 2.24) is 5.32 Å². The van der Waals surface area contributed by atoms with E-state index in [2.05, 4.69) is 33.0 Å². The number of ether oxygens (including phenoxy) is 1. The summed E-state index contributed by atoms with van der Waals surface area (Å²) in [6, 6.07) is 5.35. The Balaban J connectivity index is 2.86. The topological polar surface area (TPSA) is 21.3 Å². The van der Waals surface area contributed by atoms with Crippen molar-refractivity contribution in [2.75, 3.05) is 14.2 Å². The molecule has 1 aromatic rings. The zero-order valence-electron chi connectivity index (χ0n) is 13.6. The van der Waals surface area contributed by atoms with Crippen LogP contribution in [-0.4, -0.2) is 14.2 Å². The molecule has 1 aromatic carbocycles. The molecule has 20 heavy (non-hydrogen) atoms. The fraction of sp³-hybridized carbons (Fsp3) is 0.647. The SMILES string of the molecule is CNC(CC(C)CC(C)(C)C)c1cccc(OC)c1F. The number of benzene rings is 1. The summed E-state index contributed by atoms with van der Waals surface area (Å²) < 4.78 is 19.4. The summed E-state index contributed by atoms with van der Waals surface area (Å²) in [6.45, 7) is 8.95.